The van der Waals surface area contributed by atoms with Crippen LogP contribution in [0.25, 0.3) is 0 Å². The first-order valence-electron chi connectivity index (χ1n) is 9.04. The molecule has 0 aromatic carbocycles. The van der Waals surface area contributed by atoms with Gasteiger partial charge in [-0.2, -0.15) is 0 Å². The Hall–Kier alpha value is -0.530. The van der Waals surface area contributed by atoms with E-state index in [4.69, 9.17) is 4.98 Å². The highest BCUT2D eigenvalue weighted by atomic mass is 32.1. The largest absolute Gasteiger partial charge is 0.392 e. The number of hydrogen-bond donors (Lipinski definition) is 2. The van der Waals surface area contributed by atoms with Crippen molar-refractivity contribution in [1.29, 1.82) is 0 Å². The monoisotopic (exact) mass is 353 g/mol. The van der Waals surface area contributed by atoms with Crippen LogP contribution in [-0.4, -0.2) is 63.8 Å². The molecule has 136 valence electrons. The molecule has 0 saturated carbocycles. The normalized spacial score (nSPS) is 26.1. The van der Waals surface area contributed by atoms with Crippen molar-refractivity contribution in [2.24, 2.45) is 5.41 Å². The Labute approximate surface area is 149 Å². The summed E-state index contributed by atoms with van der Waals surface area (Å²) in [7, 11) is 0. The lowest BCUT2D eigenvalue weighted by Crippen LogP contribution is -2.45. The second-order valence-corrected chi connectivity index (χ2v) is 9.62. The molecule has 2 N–H and O–H groups in total. The zero-order chi connectivity index (χ0) is 17.4. The summed E-state index contributed by atoms with van der Waals surface area (Å²) in [6.07, 6.45) is 2.18. The average molecular weight is 354 g/mol. The summed E-state index contributed by atoms with van der Waals surface area (Å²) in [5.41, 5.74) is 0.370. The molecule has 0 spiro atoms. The first-order valence-corrected chi connectivity index (χ1v) is 9.92. The summed E-state index contributed by atoms with van der Waals surface area (Å²) in [5, 5.41) is 23.7. The summed E-state index contributed by atoms with van der Waals surface area (Å²) in [6.45, 7) is 12.2. The Morgan fingerprint density at radius 2 is 1.96 bits per heavy atom. The number of likely N-dealkylation sites (tertiary alicyclic amines) is 2. The molecular formula is C18H31N3O2S. The molecule has 3 rings (SSSR count). The fourth-order valence-electron chi connectivity index (χ4n) is 3.75. The molecule has 0 radical (unpaired) electrons. The van der Waals surface area contributed by atoms with Gasteiger partial charge in [-0.1, -0.05) is 20.8 Å². The number of aliphatic hydroxyl groups excluding tert-OH is 1. The molecule has 2 aliphatic rings. The molecular weight excluding hydrogens is 322 g/mol. The summed E-state index contributed by atoms with van der Waals surface area (Å²) < 4.78 is 0. The number of aromatic nitrogens is 1. The lowest BCUT2D eigenvalue weighted by molar-refractivity contribution is -0.0346. The van der Waals surface area contributed by atoms with Gasteiger partial charge in [-0.05, 0) is 24.7 Å². The molecule has 5 nitrogen and oxygen atoms in total. The molecule has 0 bridgehead atoms. The summed E-state index contributed by atoms with van der Waals surface area (Å²) >= 11 is 1.63. The van der Waals surface area contributed by atoms with Crippen LogP contribution in [0.1, 0.15) is 50.7 Å². The standard InChI is InChI=1S/C18H31N3O2S/c1-17(2,3)13-20-8-5-18(23,6-9-20)15-12-24-16(19-15)11-21-7-4-14(22)10-21/h12,14,22-23H,4-11,13H2,1-3H3. The molecule has 2 saturated heterocycles. The van der Waals surface area contributed by atoms with Crippen molar-refractivity contribution in [1.82, 2.24) is 14.8 Å². The smallest absolute Gasteiger partial charge is 0.110 e. The topological polar surface area (TPSA) is 59.8 Å². The Morgan fingerprint density at radius 3 is 2.54 bits per heavy atom. The number of rotatable bonds is 4. The number of aliphatic hydroxyl groups is 2. The molecule has 0 amide bonds. The van der Waals surface area contributed by atoms with E-state index < -0.39 is 5.60 Å². The molecule has 1 aromatic heterocycles. The third-order valence-electron chi connectivity index (χ3n) is 5.02. The van der Waals surface area contributed by atoms with Gasteiger partial charge < -0.3 is 15.1 Å². The van der Waals surface area contributed by atoms with Crippen molar-refractivity contribution in [3.8, 4) is 0 Å². The van der Waals surface area contributed by atoms with Crippen LogP contribution >= 0.6 is 11.3 Å². The SMILES string of the molecule is CC(C)(C)CN1CCC(O)(c2csc(CN3CCC(O)C3)n2)CC1. The van der Waals surface area contributed by atoms with E-state index in [-0.39, 0.29) is 6.10 Å². The van der Waals surface area contributed by atoms with Gasteiger partial charge in [0.15, 0.2) is 0 Å². The van der Waals surface area contributed by atoms with E-state index in [1.54, 1.807) is 11.3 Å². The summed E-state index contributed by atoms with van der Waals surface area (Å²) in [6, 6.07) is 0. The third-order valence-corrected chi connectivity index (χ3v) is 5.85. The Kier molecular flexibility index (Phi) is 5.33. The highest BCUT2D eigenvalue weighted by molar-refractivity contribution is 7.09. The van der Waals surface area contributed by atoms with E-state index in [1.165, 1.54) is 0 Å². The van der Waals surface area contributed by atoms with E-state index in [1.807, 2.05) is 5.38 Å². The second-order valence-electron chi connectivity index (χ2n) is 8.67. The van der Waals surface area contributed by atoms with Crippen LogP contribution < -0.4 is 0 Å². The van der Waals surface area contributed by atoms with E-state index in [0.717, 1.165) is 69.2 Å². The van der Waals surface area contributed by atoms with Gasteiger partial charge in [0, 0.05) is 38.1 Å². The van der Waals surface area contributed by atoms with E-state index in [0.29, 0.717) is 5.41 Å². The van der Waals surface area contributed by atoms with Crippen LogP contribution in [0.2, 0.25) is 0 Å². The number of β-amino-alcohol motifs (C(OH)–C–C–N with tert-alkyl or cyclic N) is 1. The van der Waals surface area contributed by atoms with Gasteiger partial charge >= 0.3 is 0 Å². The van der Waals surface area contributed by atoms with Gasteiger partial charge in [-0.3, -0.25) is 4.90 Å². The fourth-order valence-corrected chi connectivity index (χ4v) is 4.68. The van der Waals surface area contributed by atoms with Crippen molar-refractivity contribution in [3.63, 3.8) is 0 Å². The zero-order valence-corrected chi connectivity index (χ0v) is 16.0. The Bertz CT molecular complexity index is 547. The van der Waals surface area contributed by atoms with Crippen molar-refractivity contribution in [3.05, 3.63) is 16.1 Å². The first kappa shape index (κ1) is 18.3. The van der Waals surface area contributed by atoms with Gasteiger partial charge in [-0.25, -0.2) is 4.98 Å². The van der Waals surface area contributed by atoms with Crippen molar-refractivity contribution in [2.75, 3.05) is 32.7 Å². The Balaban J connectivity index is 1.57. The van der Waals surface area contributed by atoms with Crippen LogP contribution in [0.5, 0.6) is 0 Å². The minimum Gasteiger partial charge on any atom is -0.392 e. The minimum atomic E-state index is -0.770. The van der Waals surface area contributed by atoms with Crippen LogP contribution in [0.4, 0.5) is 0 Å². The predicted octanol–water partition coefficient (Wildman–Crippen LogP) is 2.04. The molecule has 1 atom stereocenters. The van der Waals surface area contributed by atoms with Crippen molar-refractivity contribution in [2.45, 2.75) is 58.3 Å². The molecule has 2 aliphatic heterocycles. The Morgan fingerprint density at radius 1 is 1.25 bits per heavy atom. The lowest BCUT2D eigenvalue weighted by Gasteiger charge is -2.39. The number of piperidine rings is 1. The second kappa shape index (κ2) is 7.00. The van der Waals surface area contributed by atoms with Gasteiger partial charge in [0.25, 0.3) is 0 Å². The summed E-state index contributed by atoms with van der Waals surface area (Å²) in [4.78, 5) is 9.41. The summed E-state index contributed by atoms with van der Waals surface area (Å²) in [5.74, 6) is 0. The first-order chi connectivity index (χ1) is 11.2. The maximum Gasteiger partial charge on any atom is 0.110 e. The number of nitrogens with zero attached hydrogens (tertiary/aromatic N) is 3. The maximum atomic E-state index is 11.0. The van der Waals surface area contributed by atoms with Crippen molar-refractivity contribution >= 4 is 11.3 Å². The van der Waals surface area contributed by atoms with E-state index in [2.05, 4.69) is 30.6 Å². The minimum absolute atomic E-state index is 0.194. The average Bonchev–Trinajstić information content (AvgIpc) is 3.10. The molecule has 24 heavy (non-hydrogen) atoms. The van der Waals surface area contributed by atoms with E-state index in [9.17, 15) is 10.2 Å². The molecule has 2 fully saturated rings. The quantitative estimate of drug-likeness (QED) is 0.867. The third kappa shape index (κ3) is 4.55. The van der Waals surface area contributed by atoms with Gasteiger partial charge in [0.1, 0.15) is 10.6 Å². The number of thiazole rings is 1. The van der Waals surface area contributed by atoms with Crippen LogP contribution in [0.15, 0.2) is 5.38 Å². The highest BCUT2D eigenvalue weighted by Gasteiger charge is 2.37. The molecule has 0 aliphatic carbocycles. The predicted molar refractivity (Wildman–Crippen MR) is 97.0 cm³/mol. The van der Waals surface area contributed by atoms with E-state index >= 15 is 0 Å². The fraction of sp³-hybridized carbons (Fsp3) is 0.833. The molecule has 1 unspecified atom stereocenters. The van der Waals surface area contributed by atoms with Gasteiger partial charge in [0.05, 0.1) is 18.3 Å². The van der Waals surface area contributed by atoms with Crippen LogP contribution in [-0.2, 0) is 12.1 Å². The molecule has 6 heteroatoms. The molecule has 3 heterocycles. The number of hydrogen-bond acceptors (Lipinski definition) is 6. The van der Waals surface area contributed by atoms with Gasteiger partial charge in [0.2, 0.25) is 0 Å². The highest BCUT2D eigenvalue weighted by Crippen LogP contribution is 2.34. The van der Waals surface area contributed by atoms with Crippen LogP contribution in [0.3, 0.4) is 0 Å². The lowest BCUT2D eigenvalue weighted by atomic mass is 9.87. The van der Waals surface area contributed by atoms with Gasteiger partial charge in [-0.15, -0.1) is 11.3 Å². The molecule has 1 aromatic rings. The van der Waals surface area contributed by atoms with Crippen molar-refractivity contribution < 1.29 is 10.2 Å². The van der Waals surface area contributed by atoms with Crippen LogP contribution in [0, 0.1) is 5.41 Å². The maximum absolute atomic E-state index is 11.0. The zero-order valence-electron chi connectivity index (χ0n) is 15.2.